The Balaban J connectivity index is 2.95. The quantitative estimate of drug-likeness (QED) is 0.690. The van der Waals surface area contributed by atoms with E-state index in [-0.39, 0.29) is 11.8 Å². The maximum Gasteiger partial charge on any atom is 0.0626 e. The van der Waals surface area contributed by atoms with Gasteiger partial charge in [-0.2, -0.15) is 0 Å². The minimum Gasteiger partial charge on any atom is -0.390 e. The molecule has 1 aliphatic carbocycles. The van der Waals surface area contributed by atoms with Gasteiger partial charge < -0.3 is 10.2 Å². The molecular formula is C13H24O2. The van der Waals surface area contributed by atoms with E-state index in [2.05, 4.69) is 13.0 Å². The zero-order valence-electron chi connectivity index (χ0n) is 10.5. The summed E-state index contributed by atoms with van der Waals surface area (Å²) in [5.74, 6) is 0.281. The Kier molecular flexibility index (Phi) is 3.32. The molecule has 0 amide bonds. The summed E-state index contributed by atoms with van der Waals surface area (Å²) < 4.78 is 0. The van der Waals surface area contributed by atoms with Crippen molar-refractivity contribution in [1.29, 1.82) is 0 Å². The van der Waals surface area contributed by atoms with E-state index in [9.17, 15) is 10.2 Å². The fourth-order valence-corrected chi connectivity index (χ4v) is 2.59. The highest BCUT2D eigenvalue weighted by Gasteiger charge is 2.42. The van der Waals surface area contributed by atoms with Crippen LogP contribution >= 0.6 is 0 Å². The summed E-state index contributed by atoms with van der Waals surface area (Å²) in [4.78, 5) is 0. The molecule has 0 spiro atoms. The molecular weight excluding hydrogens is 188 g/mol. The predicted molar refractivity (Wildman–Crippen MR) is 62.6 cm³/mol. The largest absolute Gasteiger partial charge is 0.390 e. The molecule has 1 rings (SSSR count). The topological polar surface area (TPSA) is 40.5 Å². The van der Waals surface area contributed by atoms with E-state index in [1.165, 1.54) is 5.57 Å². The van der Waals surface area contributed by atoms with Crippen LogP contribution in [0.1, 0.15) is 47.5 Å². The van der Waals surface area contributed by atoms with E-state index < -0.39 is 11.2 Å². The first kappa shape index (κ1) is 12.7. The minimum absolute atomic E-state index is 0.140. The summed E-state index contributed by atoms with van der Waals surface area (Å²) in [6.45, 7) is 9.46. The molecule has 0 saturated heterocycles. The monoisotopic (exact) mass is 212 g/mol. The molecule has 88 valence electrons. The molecule has 0 fully saturated rings. The molecule has 2 atom stereocenters. The fourth-order valence-electron chi connectivity index (χ4n) is 2.59. The first-order chi connectivity index (χ1) is 6.62. The second kappa shape index (κ2) is 3.91. The summed E-state index contributed by atoms with van der Waals surface area (Å²) in [5.41, 5.74) is -0.121. The van der Waals surface area contributed by atoms with E-state index in [0.717, 1.165) is 12.8 Å². The van der Waals surface area contributed by atoms with Crippen molar-refractivity contribution in [3.05, 3.63) is 11.6 Å². The van der Waals surface area contributed by atoms with Crippen LogP contribution in [0.2, 0.25) is 0 Å². The number of rotatable bonds is 2. The van der Waals surface area contributed by atoms with Gasteiger partial charge in [-0.15, -0.1) is 0 Å². The van der Waals surface area contributed by atoms with Crippen LogP contribution < -0.4 is 0 Å². The van der Waals surface area contributed by atoms with Crippen molar-refractivity contribution in [2.24, 2.45) is 11.8 Å². The smallest absolute Gasteiger partial charge is 0.0626 e. The molecule has 0 radical (unpaired) electrons. The van der Waals surface area contributed by atoms with E-state index in [1.807, 2.05) is 27.7 Å². The lowest BCUT2D eigenvalue weighted by atomic mass is 9.66. The average molecular weight is 212 g/mol. The van der Waals surface area contributed by atoms with Crippen molar-refractivity contribution in [3.8, 4) is 0 Å². The van der Waals surface area contributed by atoms with Gasteiger partial charge in [0, 0.05) is 0 Å². The lowest BCUT2D eigenvalue weighted by molar-refractivity contribution is -0.0824. The van der Waals surface area contributed by atoms with Crippen LogP contribution in [0.5, 0.6) is 0 Å². The normalized spacial score (nSPS) is 28.9. The highest BCUT2D eigenvalue weighted by Crippen LogP contribution is 2.42. The Morgan fingerprint density at radius 2 is 1.53 bits per heavy atom. The lowest BCUT2D eigenvalue weighted by Gasteiger charge is -2.44. The minimum atomic E-state index is -0.722. The van der Waals surface area contributed by atoms with Crippen molar-refractivity contribution < 1.29 is 10.2 Å². The van der Waals surface area contributed by atoms with E-state index in [1.54, 1.807) is 0 Å². The second-order valence-corrected chi connectivity index (χ2v) is 6.01. The van der Waals surface area contributed by atoms with Gasteiger partial charge in [-0.25, -0.2) is 0 Å². The van der Waals surface area contributed by atoms with E-state index in [4.69, 9.17) is 0 Å². The summed E-state index contributed by atoms with van der Waals surface area (Å²) in [6.07, 6.45) is 3.94. The van der Waals surface area contributed by atoms with Gasteiger partial charge in [0.1, 0.15) is 0 Å². The number of aliphatic hydroxyl groups is 2. The molecule has 1 aliphatic rings. The molecule has 0 aromatic carbocycles. The molecule has 15 heavy (non-hydrogen) atoms. The molecule has 0 aliphatic heterocycles. The zero-order chi connectivity index (χ0) is 11.9. The van der Waals surface area contributed by atoms with Gasteiger partial charge >= 0.3 is 0 Å². The molecule has 0 bridgehead atoms. The molecule has 0 aromatic heterocycles. The van der Waals surface area contributed by atoms with Crippen molar-refractivity contribution >= 4 is 0 Å². The first-order valence-corrected chi connectivity index (χ1v) is 5.72. The molecule has 2 heteroatoms. The summed E-state index contributed by atoms with van der Waals surface area (Å²) in [6, 6.07) is 0. The van der Waals surface area contributed by atoms with Gasteiger partial charge in [0.15, 0.2) is 0 Å². The average Bonchev–Trinajstić information content (AvgIpc) is 2.00. The van der Waals surface area contributed by atoms with Crippen molar-refractivity contribution in [2.45, 2.75) is 58.7 Å². The van der Waals surface area contributed by atoms with Crippen LogP contribution in [-0.2, 0) is 0 Å². The van der Waals surface area contributed by atoms with Gasteiger partial charge in [-0.3, -0.25) is 0 Å². The predicted octanol–water partition coefficient (Wildman–Crippen LogP) is 2.50. The van der Waals surface area contributed by atoms with Crippen LogP contribution in [0.15, 0.2) is 11.6 Å². The Morgan fingerprint density at radius 3 is 1.93 bits per heavy atom. The third kappa shape index (κ3) is 3.05. The van der Waals surface area contributed by atoms with Crippen molar-refractivity contribution in [3.63, 3.8) is 0 Å². The van der Waals surface area contributed by atoms with Crippen LogP contribution in [0, 0.1) is 11.8 Å². The molecule has 0 heterocycles. The summed E-state index contributed by atoms with van der Waals surface area (Å²) >= 11 is 0. The van der Waals surface area contributed by atoms with Crippen LogP contribution in [0.4, 0.5) is 0 Å². The van der Waals surface area contributed by atoms with Gasteiger partial charge in [-0.05, 0) is 59.3 Å². The summed E-state index contributed by atoms with van der Waals surface area (Å²) in [5, 5.41) is 20.3. The second-order valence-electron chi connectivity index (χ2n) is 6.01. The van der Waals surface area contributed by atoms with Gasteiger partial charge in [0.25, 0.3) is 0 Å². The SMILES string of the molecule is CC1=CCC(C(C)(C)O)C(C(C)(C)O)C1. The molecule has 2 nitrogen and oxygen atoms in total. The third-order valence-electron chi connectivity index (χ3n) is 3.56. The van der Waals surface area contributed by atoms with E-state index >= 15 is 0 Å². The first-order valence-electron chi connectivity index (χ1n) is 5.72. The standard InChI is InChI=1S/C13H24O2/c1-9-6-7-10(12(2,3)14)11(8-9)13(4,5)15/h6,10-11,14-15H,7-8H2,1-5H3. The maximum atomic E-state index is 10.2. The molecule has 0 saturated carbocycles. The number of allylic oxidation sites excluding steroid dienone is 2. The van der Waals surface area contributed by atoms with Gasteiger partial charge in [-0.1, -0.05) is 11.6 Å². The Bertz CT molecular complexity index is 253. The van der Waals surface area contributed by atoms with Gasteiger partial charge in [0.2, 0.25) is 0 Å². The number of hydrogen-bond donors (Lipinski definition) is 2. The van der Waals surface area contributed by atoms with Crippen molar-refractivity contribution in [1.82, 2.24) is 0 Å². The van der Waals surface area contributed by atoms with Gasteiger partial charge in [0.05, 0.1) is 11.2 Å². The maximum absolute atomic E-state index is 10.2. The molecule has 0 aromatic rings. The van der Waals surface area contributed by atoms with Crippen LogP contribution in [-0.4, -0.2) is 21.4 Å². The highest BCUT2D eigenvalue weighted by atomic mass is 16.3. The Labute approximate surface area is 93.0 Å². The lowest BCUT2D eigenvalue weighted by Crippen LogP contribution is -2.46. The Morgan fingerprint density at radius 1 is 1.07 bits per heavy atom. The van der Waals surface area contributed by atoms with E-state index in [0.29, 0.717) is 0 Å². The number of hydrogen-bond acceptors (Lipinski definition) is 2. The third-order valence-corrected chi connectivity index (χ3v) is 3.56. The fraction of sp³-hybridized carbons (Fsp3) is 0.846. The summed E-state index contributed by atoms with van der Waals surface area (Å²) in [7, 11) is 0. The van der Waals surface area contributed by atoms with Crippen LogP contribution in [0.25, 0.3) is 0 Å². The Hall–Kier alpha value is -0.340. The highest BCUT2D eigenvalue weighted by molar-refractivity contribution is 5.10. The van der Waals surface area contributed by atoms with Crippen LogP contribution in [0.3, 0.4) is 0 Å². The molecule has 2 N–H and O–H groups in total. The molecule has 2 unspecified atom stereocenters. The zero-order valence-corrected chi connectivity index (χ0v) is 10.5. The van der Waals surface area contributed by atoms with Crippen molar-refractivity contribution in [2.75, 3.05) is 0 Å².